The SMILES string of the molecule is Cc1ccc(NC(=O)[C@@H](C)OC(=O)[C@@H]2CCCN2S(=O)(=O)c2ccc(Cl)cc2)cc1. The van der Waals surface area contributed by atoms with Gasteiger partial charge in [-0.3, -0.25) is 9.59 Å². The lowest BCUT2D eigenvalue weighted by molar-refractivity contribution is -0.156. The zero-order valence-electron chi connectivity index (χ0n) is 16.7. The van der Waals surface area contributed by atoms with Crippen LogP contribution in [0.1, 0.15) is 25.3 Å². The third-order valence-corrected chi connectivity index (χ3v) is 7.05. The van der Waals surface area contributed by atoms with Crippen LogP contribution in [0.25, 0.3) is 0 Å². The molecular weight excluding hydrogens is 428 g/mol. The number of halogens is 1. The molecule has 30 heavy (non-hydrogen) atoms. The molecule has 1 aliphatic heterocycles. The van der Waals surface area contributed by atoms with Gasteiger partial charge < -0.3 is 10.1 Å². The average molecular weight is 451 g/mol. The van der Waals surface area contributed by atoms with Gasteiger partial charge in [0.15, 0.2) is 6.10 Å². The molecular formula is C21H23ClN2O5S. The van der Waals surface area contributed by atoms with Gasteiger partial charge in [0.25, 0.3) is 5.91 Å². The maximum atomic E-state index is 12.9. The molecule has 0 aliphatic carbocycles. The number of anilines is 1. The van der Waals surface area contributed by atoms with Crippen molar-refractivity contribution in [3.8, 4) is 0 Å². The van der Waals surface area contributed by atoms with Crippen LogP contribution in [0.2, 0.25) is 5.02 Å². The van der Waals surface area contributed by atoms with Crippen LogP contribution in [-0.2, 0) is 24.3 Å². The van der Waals surface area contributed by atoms with E-state index >= 15 is 0 Å². The van der Waals surface area contributed by atoms with Gasteiger partial charge in [-0.25, -0.2) is 8.42 Å². The van der Waals surface area contributed by atoms with Crippen molar-refractivity contribution in [3.05, 3.63) is 59.1 Å². The summed E-state index contributed by atoms with van der Waals surface area (Å²) < 4.78 is 32.3. The predicted octanol–water partition coefficient (Wildman–Crippen LogP) is 3.37. The summed E-state index contributed by atoms with van der Waals surface area (Å²) in [6.07, 6.45) is -0.214. The normalized spacial score (nSPS) is 18.0. The fraction of sp³-hybridized carbons (Fsp3) is 0.333. The van der Waals surface area contributed by atoms with Gasteiger partial charge in [-0.1, -0.05) is 29.3 Å². The van der Waals surface area contributed by atoms with E-state index in [-0.39, 0.29) is 11.4 Å². The Hall–Kier alpha value is -2.42. The molecule has 0 bridgehead atoms. The fourth-order valence-corrected chi connectivity index (χ4v) is 4.97. The van der Waals surface area contributed by atoms with Gasteiger partial charge in [-0.2, -0.15) is 4.31 Å². The van der Waals surface area contributed by atoms with Gasteiger partial charge in [0.2, 0.25) is 10.0 Å². The summed E-state index contributed by atoms with van der Waals surface area (Å²) >= 11 is 5.83. The summed E-state index contributed by atoms with van der Waals surface area (Å²) in [6.45, 7) is 3.59. The van der Waals surface area contributed by atoms with Gasteiger partial charge in [0.05, 0.1) is 4.90 Å². The van der Waals surface area contributed by atoms with E-state index in [4.69, 9.17) is 16.3 Å². The number of carbonyl (C=O) groups excluding carboxylic acids is 2. The number of hydrogen-bond donors (Lipinski definition) is 1. The molecule has 0 saturated carbocycles. The van der Waals surface area contributed by atoms with Crippen molar-refractivity contribution in [2.24, 2.45) is 0 Å². The molecule has 1 heterocycles. The summed E-state index contributed by atoms with van der Waals surface area (Å²) in [6, 6.07) is 12.0. The highest BCUT2D eigenvalue weighted by atomic mass is 35.5. The molecule has 7 nitrogen and oxygen atoms in total. The molecule has 1 saturated heterocycles. The Bertz CT molecular complexity index is 1020. The second-order valence-corrected chi connectivity index (χ2v) is 9.49. The standard InChI is InChI=1S/C21H23ClN2O5S/c1-14-5-9-17(10-6-14)23-20(25)15(2)29-21(26)19-4-3-13-24(19)30(27,28)18-11-7-16(22)8-12-18/h5-12,15,19H,3-4,13H2,1-2H3,(H,23,25)/t15-,19+/m1/s1. The number of hydrogen-bond acceptors (Lipinski definition) is 5. The Morgan fingerprint density at radius 1 is 1.13 bits per heavy atom. The van der Waals surface area contributed by atoms with Crippen molar-refractivity contribution in [3.63, 3.8) is 0 Å². The molecule has 160 valence electrons. The van der Waals surface area contributed by atoms with Crippen LogP contribution in [0.3, 0.4) is 0 Å². The Morgan fingerprint density at radius 2 is 1.77 bits per heavy atom. The minimum atomic E-state index is -3.89. The molecule has 2 aromatic carbocycles. The van der Waals surface area contributed by atoms with Crippen LogP contribution in [-0.4, -0.2) is 43.3 Å². The first kappa shape index (κ1) is 22.3. The molecule has 0 aromatic heterocycles. The number of nitrogens with zero attached hydrogens (tertiary/aromatic N) is 1. The number of aryl methyl sites for hydroxylation is 1. The zero-order chi connectivity index (χ0) is 21.9. The van der Waals surface area contributed by atoms with Crippen LogP contribution >= 0.6 is 11.6 Å². The number of nitrogens with one attached hydrogen (secondary N) is 1. The first-order valence-electron chi connectivity index (χ1n) is 9.54. The fourth-order valence-electron chi connectivity index (χ4n) is 3.19. The van der Waals surface area contributed by atoms with E-state index in [0.717, 1.165) is 9.87 Å². The maximum absolute atomic E-state index is 12.9. The highest BCUT2D eigenvalue weighted by Gasteiger charge is 2.41. The van der Waals surface area contributed by atoms with E-state index in [9.17, 15) is 18.0 Å². The van der Waals surface area contributed by atoms with Gasteiger partial charge in [0, 0.05) is 17.3 Å². The van der Waals surface area contributed by atoms with Crippen molar-refractivity contribution >= 4 is 39.2 Å². The number of esters is 1. The van der Waals surface area contributed by atoms with Gasteiger partial charge >= 0.3 is 5.97 Å². The number of benzene rings is 2. The number of sulfonamides is 1. The topological polar surface area (TPSA) is 92.8 Å². The van der Waals surface area contributed by atoms with Crippen molar-refractivity contribution in [1.82, 2.24) is 4.31 Å². The quantitative estimate of drug-likeness (QED) is 0.681. The number of carbonyl (C=O) groups is 2. The van der Waals surface area contributed by atoms with Crippen LogP contribution in [0.15, 0.2) is 53.4 Å². The van der Waals surface area contributed by atoms with Crippen molar-refractivity contribution in [2.75, 3.05) is 11.9 Å². The molecule has 1 amide bonds. The highest BCUT2D eigenvalue weighted by Crippen LogP contribution is 2.28. The lowest BCUT2D eigenvalue weighted by Crippen LogP contribution is -2.43. The predicted molar refractivity (Wildman–Crippen MR) is 114 cm³/mol. The summed E-state index contributed by atoms with van der Waals surface area (Å²) in [5, 5.41) is 3.09. The first-order chi connectivity index (χ1) is 14.2. The van der Waals surface area contributed by atoms with E-state index in [1.54, 1.807) is 12.1 Å². The second kappa shape index (κ2) is 9.16. The van der Waals surface area contributed by atoms with Crippen molar-refractivity contribution < 1.29 is 22.7 Å². The number of rotatable bonds is 6. The van der Waals surface area contributed by atoms with Gasteiger partial charge in [0.1, 0.15) is 6.04 Å². The summed E-state index contributed by atoms with van der Waals surface area (Å²) in [7, 11) is -3.89. The van der Waals surface area contributed by atoms with Crippen LogP contribution in [0.4, 0.5) is 5.69 Å². The van der Waals surface area contributed by atoms with Gasteiger partial charge in [-0.15, -0.1) is 0 Å². The minimum Gasteiger partial charge on any atom is -0.451 e. The number of amides is 1. The van der Waals surface area contributed by atoms with E-state index in [1.807, 2.05) is 19.1 Å². The highest BCUT2D eigenvalue weighted by molar-refractivity contribution is 7.89. The van der Waals surface area contributed by atoms with Gasteiger partial charge in [-0.05, 0) is 63.1 Å². The molecule has 3 rings (SSSR count). The molecule has 1 fully saturated rings. The number of ether oxygens (including phenoxy) is 1. The second-order valence-electron chi connectivity index (χ2n) is 7.16. The first-order valence-corrected chi connectivity index (χ1v) is 11.4. The molecule has 2 atom stereocenters. The molecule has 0 spiro atoms. The molecule has 2 aromatic rings. The molecule has 9 heteroatoms. The Labute approximate surface area is 181 Å². The Balaban J connectivity index is 1.67. The largest absolute Gasteiger partial charge is 0.451 e. The van der Waals surface area contributed by atoms with E-state index < -0.39 is 34.0 Å². The van der Waals surface area contributed by atoms with Crippen LogP contribution < -0.4 is 5.32 Å². The van der Waals surface area contributed by atoms with Crippen LogP contribution in [0.5, 0.6) is 0 Å². The van der Waals surface area contributed by atoms with E-state index in [2.05, 4.69) is 5.32 Å². The third kappa shape index (κ3) is 5.00. The average Bonchev–Trinajstić information content (AvgIpc) is 3.21. The van der Waals surface area contributed by atoms with E-state index in [1.165, 1.54) is 31.2 Å². The summed E-state index contributed by atoms with van der Waals surface area (Å²) in [5.74, 6) is -1.23. The Kier molecular flexibility index (Phi) is 6.80. The minimum absolute atomic E-state index is 0.0526. The van der Waals surface area contributed by atoms with Crippen molar-refractivity contribution in [1.29, 1.82) is 0 Å². The lowest BCUT2D eigenvalue weighted by atomic mass is 10.2. The van der Waals surface area contributed by atoms with Crippen LogP contribution in [0, 0.1) is 6.92 Å². The monoisotopic (exact) mass is 450 g/mol. The molecule has 1 N–H and O–H groups in total. The lowest BCUT2D eigenvalue weighted by Gasteiger charge is -2.24. The summed E-state index contributed by atoms with van der Waals surface area (Å²) in [5.41, 5.74) is 1.64. The zero-order valence-corrected chi connectivity index (χ0v) is 18.2. The van der Waals surface area contributed by atoms with Crippen molar-refractivity contribution in [2.45, 2.75) is 43.7 Å². The third-order valence-electron chi connectivity index (χ3n) is 4.88. The Morgan fingerprint density at radius 3 is 2.40 bits per heavy atom. The summed E-state index contributed by atoms with van der Waals surface area (Å²) in [4.78, 5) is 25.1. The van der Waals surface area contributed by atoms with E-state index in [0.29, 0.717) is 23.6 Å². The smallest absolute Gasteiger partial charge is 0.325 e. The maximum Gasteiger partial charge on any atom is 0.325 e. The molecule has 0 radical (unpaired) electrons. The molecule has 0 unspecified atom stereocenters. The molecule has 1 aliphatic rings.